The van der Waals surface area contributed by atoms with Crippen LogP contribution in [0.5, 0.6) is 5.75 Å². The molecule has 0 aliphatic rings. The number of hydrogen-bond acceptors (Lipinski definition) is 5. The highest BCUT2D eigenvalue weighted by Gasteiger charge is 2.09. The van der Waals surface area contributed by atoms with Crippen LogP contribution in [0.2, 0.25) is 0 Å². The van der Waals surface area contributed by atoms with Crippen molar-refractivity contribution in [2.75, 3.05) is 7.11 Å². The Balaban J connectivity index is 1.85. The maximum Gasteiger partial charge on any atom is 0.216 e. The first-order valence-corrected chi connectivity index (χ1v) is 8.36. The van der Waals surface area contributed by atoms with Gasteiger partial charge in [-0.3, -0.25) is 4.98 Å². The number of ether oxygens (including phenoxy) is 1. The van der Waals surface area contributed by atoms with Gasteiger partial charge < -0.3 is 4.74 Å². The third-order valence-corrected chi connectivity index (χ3v) is 4.31. The SMILES string of the molecule is COc1ccc2ccccc2c1/C=N/n1c(-c2ccncc2)n[nH]c1=S. The Morgan fingerprint density at radius 3 is 2.73 bits per heavy atom. The molecule has 0 amide bonds. The van der Waals surface area contributed by atoms with Crippen LogP contribution in [-0.4, -0.2) is 33.2 Å². The summed E-state index contributed by atoms with van der Waals surface area (Å²) in [5.74, 6) is 1.36. The molecule has 2 aromatic heterocycles. The standard InChI is InChI=1S/C19H15N5OS/c1-25-17-7-6-13-4-2-3-5-15(13)16(17)12-21-24-18(22-23-19(24)26)14-8-10-20-11-9-14/h2-12H,1H3,(H,23,26)/b21-12+. The second-order valence-electron chi connectivity index (χ2n) is 5.55. The highest BCUT2D eigenvalue weighted by Crippen LogP contribution is 2.26. The topological polar surface area (TPSA) is 68.1 Å². The van der Waals surface area contributed by atoms with Gasteiger partial charge in [-0.2, -0.15) is 14.9 Å². The number of rotatable bonds is 4. The quantitative estimate of drug-likeness (QED) is 0.440. The molecule has 26 heavy (non-hydrogen) atoms. The van der Waals surface area contributed by atoms with Crippen LogP contribution in [-0.2, 0) is 0 Å². The summed E-state index contributed by atoms with van der Waals surface area (Å²) in [6.07, 6.45) is 5.15. The van der Waals surface area contributed by atoms with Gasteiger partial charge in [0.1, 0.15) is 5.75 Å². The molecular weight excluding hydrogens is 346 g/mol. The fourth-order valence-corrected chi connectivity index (χ4v) is 2.97. The van der Waals surface area contributed by atoms with E-state index in [9.17, 15) is 0 Å². The largest absolute Gasteiger partial charge is 0.496 e. The predicted molar refractivity (Wildman–Crippen MR) is 104 cm³/mol. The number of hydrogen-bond donors (Lipinski definition) is 1. The Hall–Kier alpha value is -3.32. The molecule has 0 aliphatic carbocycles. The molecule has 6 nitrogen and oxygen atoms in total. The lowest BCUT2D eigenvalue weighted by molar-refractivity contribution is 0.415. The predicted octanol–water partition coefficient (Wildman–Crippen LogP) is 4.05. The molecule has 7 heteroatoms. The molecule has 2 heterocycles. The van der Waals surface area contributed by atoms with E-state index in [-0.39, 0.29) is 0 Å². The van der Waals surface area contributed by atoms with Crippen molar-refractivity contribution in [3.05, 3.63) is 71.3 Å². The zero-order valence-electron chi connectivity index (χ0n) is 14.0. The van der Waals surface area contributed by atoms with E-state index in [1.165, 1.54) is 0 Å². The molecule has 4 rings (SSSR count). The lowest BCUT2D eigenvalue weighted by Crippen LogP contribution is -1.97. The van der Waals surface area contributed by atoms with Crippen molar-refractivity contribution in [3.8, 4) is 17.1 Å². The summed E-state index contributed by atoms with van der Waals surface area (Å²) in [5, 5.41) is 13.8. The second-order valence-corrected chi connectivity index (χ2v) is 5.93. The van der Waals surface area contributed by atoms with Gasteiger partial charge in [0.05, 0.1) is 13.3 Å². The van der Waals surface area contributed by atoms with Gasteiger partial charge in [-0.25, -0.2) is 5.10 Å². The van der Waals surface area contributed by atoms with Gasteiger partial charge in [-0.1, -0.05) is 30.3 Å². The summed E-state index contributed by atoms with van der Waals surface area (Å²) < 4.78 is 7.51. The van der Waals surface area contributed by atoms with Gasteiger partial charge in [0.25, 0.3) is 0 Å². The Morgan fingerprint density at radius 1 is 1.12 bits per heavy atom. The van der Waals surface area contributed by atoms with E-state index >= 15 is 0 Å². The summed E-state index contributed by atoms with van der Waals surface area (Å²) in [5.41, 5.74) is 1.75. The normalized spacial score (nSPS) is 11.3. The van der Waals surface area contributed by atoms with Gasteiger partial charge in [-0.05, 0) is 41.2 Å². The Kier molecular flexibility index (Phi) is 4.28. The number of methoxy groups -OCH3 is 1. The smallest absolute Gasteiger partial charge is 0.216 e. The van der Waals surface area contributed by atoms with Crippen LogP contribution in [0.15, 0.2) is 66.0 Å². The third kappa shape index (κ3) is 2.89. The molecular formula is C19H15N5OS. The van der Waals surface area contributed by atoms with Crippen molar-refractivity contribution in [1.29, 1.82) is 0 Å². The number of H-pyrrole nitrogens is 1. The Morgan fingerprint density at radius 2 is 1.92 bits per heavy atom. The monoisotopic (exact) mass is 361 g/mol. The molecule has 0 aliphatic heterocycles. The van der Waals surface area contributed by atoms with Gasteiger partial charge in [-0.15, -0.1) is 0 Å². The molecule has 128 valence electrons. The van der Waals surface area contributed by atoms with E-state index in [1.54, 1.807) is 30.4 Å². The van der Waals surface area contributed by atoms with Crippen LogP contribution in [0.4, 0.5) is 0 Å². The van der Waals surface area contributed by atoms with Crippen LogP contribution in [0, 0.1) is 4.77 Å². The maximum absolute atomic E-state index is 5.51. The summed E-state index contributed by atoms with van der Waals surface area (Å²) in [6, 6.07) is 15.8. The van der Waals surface area contributed by atoms with Gasteiger partial charge >= 0.3 is 0 Å². The van der Waals surface area contributed by atoms with Crippen LogP contribution in [0.25, 0.3) is 22.2 Å². The fraction of sp³-hybridized carbons (Fsp3) is 0.0526. The van der Waals surface area contributed by atoms with Crippen molar-refractivity contribution >= 4 is 29.2 Å². The molecule has 0 bridgehead atoms. The number of nitrogens with zero attached hydrogens (tertiary/aromatic N) is 4. The first-order valence-electron chi connectivity index (χ1n) is 7.96. The molecule has 2 aromatic carbocycles. The van der Waals surface area contributed by atoms with E-state index < -0.39 is 0 Å². The number of aromatic nitrogens is 4. The minimum absolute atomic E-state index is 0.410. The fourth-order valence-electron chi connectivity index (χ4n) is 2.79. The molecule has 0 fully saturated rings. The number of fused-ring (bicyclic) bond motifs is 1. The zero-order valence-corrected chi connectivity index (χ0v) is 14.8. The lowest BCUT2D eigenvalue weighted by Gasteiger charge is -2.08. The summed E-state index contributed by atoms with van der Waals surface area (Å²) in [7, 11) is 1.65. The van der Waals surface area contributed by atoms with Crippen LogP contribution < -0.4 is 4.74 Å². The zero-order chi connectivity index (χ0) is 17.9. The van der Waals surface area contributed by atoms with Gasteiger partial charge in [0.15, 0.2) is 5.82 Å². The number of nitrogens with one attached hydrogen (secondary N) is 1. The molecule has 1 N–H and O–H groups in total. The molecule has 4 aromatic rings. The Bertz CT molecular complexity index is 1150. The minimum atomic E-state index is 0.410. The van der Waals surface area contributed by atoms with Gasteiger partial charge in [0, 0.05) is 23.5 Å². The van der Waals surface area contributed by atoms with Crippen molar-refractivity contribution in [1.82, 2.24) is 19.9 Å². The van der Waals surface area contributed by atoms with E-state index in [4.69, 9.17) is 17.0 Å². The Labute approximate surface area is 154 Å². The number of pyridine rings is 1. The summed E-state index contributed by atoms with van der Waals surface area (Å²) in [6.45, 7) is 0. The van der Waals surface area contributed by atoms with Crippen molar-refractivity contribution < 1.29 is 4.74 Å². The molecule has 0 saturated heterocycles. The van der Waals surface area contributed by atoms with Crippen LogP contribution in [0.1, 0.15) is 5.56 Å². The first-order chi connectivity index (χ1) is 12.8. The first kappa shape index (κ1) is 16.2. The molecule has 0 radical (unpaired) electrons. The van der Waals surface area contributed by atoms with E-state index in [0.717, 1.165) is 27.6 Å². The average molecular weight is 361 g/mol. The van der Waals surface area contributed by atoms with E-state index in [2.05, 4.69) is 26.3 Å². The number of benzene rings is 2. The summed E-state index contributed by atoms with van der Waals surface area (Å²) in [4.78, 5) is 4.03. The third-order valence-electron chi connectivity index (χ3n) is 4.04. The van der Waals surface area contributed by atoms with Crippen molar-refractivity contribution in [2.45, 2.75) is 0 Å². The highest BCUT2D eigenvalue weighted by molar-refractivity contribution is 7.71. The maximum atomic E-state index is 5.51. The molecule has 0 spiro atoms. The minimum Gasteiger partial charge on any atom is -0.496 e. The molecule has 0 saturated carbocycles. The van der Waals surface area contributed by atoms with E-state index in [0.29, 0.717) is 10.6 Å². The van der Waals surface area contributed by atoms with E-state index in [1.807, 2.05) is 42.5 Å². The van der Waals surface area contributed by atoms with Crippen LogP contribution >= 0.6 is 12.2 Å². The lowest BCUT2D eigenvalue weighted by atomic mass is 10.0. The highest BCUT2D eigenvalue weighted by atomic mass is 32.1. The number of aromatic amines is 1. The molecule has 0 unspecified atom stereocenters. The summed E-state index contributed by atoms with van der Waals surface area (Å²) >= 11 is 5.33. The van der Waals surface area contributed by atoms with Crippen molar-refractivity contribution in [3.63, 3.8) is 0 Å². The van der Waals surface area contributed by atoms with Crippen LogP contribution in [0.3, 0.4) is 0 Å². The average Bonchev–Trinajstić information content (AvgIpc) is 3.07. The molecule has 0 atom stereocenters. The van der Waals surface area contributed by atoms with Gasteiger partial charge in [0.2, 0.25) is 4.77 Å². The van der Waals surface area contributed by atoms with Crippen molar-refractivity contribution in [2.24, 2.45) is 5.10 Å². The second kappa shape index (κ2) is 6.89.